The Labute approximate surface area is 211 Å². The first-order valence-electron chi connectivity index (χ1n) is 12.2. The Balaban J connectivity index is 1.57. The van der Waals surface area contributed by atoms with Gasteiger partial charge >= 0.3 is 0 Å². The van der Waals surface area contributed by atoms with Crippen LogP contribution in [-0.4, -0.2) is 73.3 Å². The molecule has 4 amide bonds. The molecule has 0 aliphatic carbocycles. The van der Waals surface area contributed by atoms with E-state index in [2.05, 4.69) is 6.07 Å². The molecule has 2 aromatic carbocycles. The van der Waals surface area contributed by atoms with Gasteiger partial charge in [0.1, 0.15) is 6.54 Å². The molecule has 0 bridgehead atoms. The quantitative estimate of drug-likeness (QED) is 0.556. The number of amides is 4. The summed E-state index contributed by atoms with van der Waals surface area (Å²) in [4.78, 5) is 57.6. The normalized spacial score (nSPS) is 20.4. The lowest BCUT2D eigenvalue weighted by Gasteiger charge is -2.36. The van der Waals surface area contributed by atoms with Crippen LogP contribution in [0.15, 0.2) is 42.5 Å². The fraction of sp³-hybridized carbons (Fsp3) is 0.429. The number of nitrogens with zero attached hydrogens (tertiary/aromatic N) is 3. The molecule has 0 aromatic heterocycles. The third-order valence-corrected chi connectivity index (χ3v) is 7.13. The number of imide groups is 1. The number of hydrogen-bond donors (Lipinski definition) is 0. The number of ether oxygens (including phenoxy) is 1. The highest BCUT2D eigenvalue weighted by molar-refractivity contribution is 6.11. The molecule has 8 nitrogen and oxygen atoms in total. The second-order valence-corrected chi connectivity index (χ2v) is 9.80. The Morgan fingerprint density at radius 3 is 2.31 bits per heavy atom. The minimum atomic E-state index is -1.29. The second-order valence-electron chi connectivity index (χ2n) is 9.80. The van der Waals surface area contributed by atoms with Gasteiger partial charge in [0.05, 0.1) is 18.6 Å². The summed E-state index contributed by atoms with van der Waals surface area (Å²) in [7, 11) is 1.51. The lowest BCUT2D eigenvalue weighted by atomic mass is 9.74. The molecular weight excluding hydrogens is 458 g/mol. The molecule has 2 aromatic rings. The second kappa shape index (κ2) is 10.2. The predicted octanol–water partition coefficient (Wildman–Crippen LogP) is 2.52. The summed E-state index contributed by atoms with van der Waals surface area (Å²) in [5.41, 5.74) is 3.19. The van der Waals surface area contributed by atoms with Crippen molar-refractivity contribution in [2.45, 2.75) is 39.0 Å². The molecule has 190 valence electrons. The molecule has 2 aliphatic rings. The van der Waals surface area contributed by atoms with Gasteiger partial charge in [-0.3, -0.25) is 24.1 Å². The van der Waals surface area contributed by atoms with Crippen molar-refractivity contribution >= 4 is 29.3 Å². The van der Waals surface area contributed by atoms with E-state index in [-0.39, 0.29) is 56.2 Å². The SMILES string of the molecule is COCCN1C(=O)C[C@](CC(=O)N2CCN(c3cc(C)cc(C)c3)C(=O)C2)(c2ccccc2C)C1=O. The Morgan fingerprint density at radius 1 is 0.972 bits per heavy atom. The number of benzene rings is 2. The number of likely N-dealkylation sites (tertiary alicyclic amines) is 1. The minimum absolute atomic E-state index is 0.0643. The first-order valence-corrected chi connectivity index (χ1v) is 12.2. The van der Waals surface area contributed by atoms with Gasteiger partial charge in [0.15, 0.2) is 0 Å². The summed E-state index contributed by atoms with van der Waals surface area (Å²) in [6, 6.07) is 13.4. The maximum atomic E-state index is 13.7. The molecule has 0 N–H and O–H groups in total. The number of rotatable bonds is 7. The molecular formula is C28H33N3O5. The van der Waals surface area contributed by atoms with Crippen LogP contribution in [-0.2, 0) is 29.3 Å². The smallest absolute Gasteiger partial charge is 0.246 e. The zero-order chi connectivity index (χ0) is 26.0. The van der Waals surface area contributed by atoms with E-state index < -0.39 is 5.41 Å². The largest absolute Gasteiger partial charge is 0.383 e. The highest BCUT2D eigenvalue weighted by Gasteiger charge is 2.54. The molecule has 0 spiro atoms. The highest BCUT2D eigenvalue weighted by Crippen LogP contribution is 2.41. The fourth-order valence-electron chi connectivity index (χ4n) is 5.40. The topological polar surface area (TPSA) is 87.2 Å². The van der Waals surface area contributed by atoms with Gasteiger partial charge in [-0.05, 0) is 55.2 Å². The Kier molecular flexibility index (Phi) is 7.26. The number of aryl methyl sites for hydroxylation is 3. The van der Waals surface area contributed by atoms with Gasteiger partial charge in [0.25, 0.3) is 0 Å². The summed E-state index contributed by atoms with van der Waals surface area (Å²) in [6.45, 7) is 6.89. The molecule has 8 heteroatoms. The number of carbonyl (C=O) groups is 4. The average molecular weight is 492 g/mol. The first kappa shape index (κ1) is 25.6. The zero-order valence-electron chi connectivity index (χ0n) is 21.4. The molecule has 0 unspecified atom stereocenters. The number of piperazine rings is 1. The van der Waals surface area contributed by atoms with Crippen LogP contribution < -0.4 is 4.90 Å². The summed E-state index contributed by atoms with van der Waals surface area (Å²) in [6.07, 6.45) is -0.245. The van der Waals surface area contributed by atoms with Crippen LogP contribution in [0, 0.1) is 20.8 Å². The summed E-state index contributed by atoms with van der Waals surface area (Å²) in [5.74, 6) is -1.17. The van der Waals surface area contributed by atoms with E-state index in [1.807, 2.05) is 57.2 Å². The van der Waals surface area contributed by atoms with Crippen molar-refractivity contribution in [2.75, 3.05) is 44.8 Å². The Bertz CT molecular complexity index is 1190. The molecule has 2 saturated heterocycles. The van der Waals surface area contributed by atoms with Gasteiger partial charge in [-0.2, -0.15) is 0 Å². The average Bonchev–Trinajstić information content (AvgIpc) is 3.06. The van der Waals surface area contributed by atoms with Crippen LogP contribution >= 0.6 is 0 Å². The minimum Gasteiger partial charge on any atom is -0.383 e. The lowest BCUT2D eigenvalue weighted by Crippen LogP contribution is -2.54. The molecule has 2 heterocycles. The van der Waals surface area contributed by atoms with E-state index in [1.54, 1.807) is 4.90 Å². The molecule has 0 radical (unpaired) electrons. The highest BCUT2D eigenvalue weighted by atomic mass is 16.5. The van der Waals surface area contributed by atoms with Crippen molar-refractivity contribution in [1.29, 1.82) is 0 Å². The van der Waals surface area contributed by atoms with E-state index in [0.29, 0.717) is 18.7 Å². The van der Waals surface area contributed by atoms with Crippen LogP contribution in [0.1, 0.15) is 35.1 Å². The summed E-state index contributed by atoms with van der Waals surface area (Å²) in [5, 5.41) is 0. The first-order chi connectivity index (χ1) is 17.2. The lowest BCUT2D eigenvalue weighted by molar-refractivity contribution is -0.144. The van der Waals surface area contributed by atoms with Gasteiger partial charge in [-0.1, -0.05) is 30.3 Å². The van der Waals surface area contributed by atoms with E-state index >= 15 is 0 Å². The Morgan fingerprint density at radius 2 is 1.67 bits per heavy atom. The van der Waals surface area contributed by atoms with Crippen LogP contribution in [0.5, 0.6) is 0 Å². The van der Waals surface area contributed by atoms with Crippen LogP contribution in [0.3, 0.4) is 0 Å². The number of anilines is 1. The van der Waals surface area contributed by atoms with Gasteiger partial charge in [-0.15, -0.1) is 0 Å². The van der Waals surface area contributed by atoms with Crippen molar-refractivity contribution in [3.05, 3.63) is 64.7 Å². The molecule has 2 aliphatic heterocycles. The van der Waals surface area contributed by atoms with Crippen LogP contribution in [0.25, 0.3) is 0 Å². The molecule has 1 atom stereocenters. The van der Waals surface area contributed by atoms with Crippen LogP contribution in [0.4, 0.5) is 5.69 Å². The van der Waals surface area contributed by atoms with E-state index in [1.165, 1.54) is 16.9 Å². The monoisotopic (exact) mass is 491 g/mol. The molecule has 0 saturated carbocycles. The van der Waals surface area contributed by atoms with E-state index in [9.17, 15) is 19.2 Å². The third-order valence-electron chi connectivity index (χ3n) is 7.13. The van der Waals surface area contributed by atoms with E-state index in [0.717, 1.165) is 22.4 Å². The van der Waals surface area contributed by atoms with Crippen molar-refractivity contribution in [2.24, 2.45) is 0 Å². The number of hydrogen-bond acceptors (Lipinski definition) is 5. The molecule has 36 heavy (non-hydrogen) atoms. The van der Waals surface area contributed by atoms with Crippen molar-refractivity contribution < 1.29 is 23.9 Å². The third kappa shape index (κ3) is 4.78. The number of methoxy groups -OCH3 is 1. The van der Waals surface area contributed by atoms with E-state index in [4.69, 9.17) is 4.74 Å². The van der Waals surface area contributed by atoms with Crippen LogP contribution in [0.2, 0.25) is 0 Å². The maximum absolute atomic E-state index is 13.7. The Hall–Kier alpha value is -3.52. The van der Waals surface area contributed by atoms with Crippen molar-refractivity contribution in [3.8, 4) is 0 Å². The zero-order valence-corrected chi connectivity index (χ0v) is 21.4. The standard InChI is InChI=1S/C28H33N3O5/c1-19-13-20(2)15-22(14-19)30-10-9-29(18-26(30)34)24(32)16-28(23-8-6-5-7-21(23)3)17-25(33)31(27(28)35)11-12-36-4/h5-8,13-15H,9-12,16-18H2,1-4H3/t28-/m1/s1. The number of carbonyl (C=O) groups excluding carboxylic acids is 4. The molecule has 4 rings (SSSR count). The maximum Gasteiger partial charge on any atom is 0.246 e. The van der Waals surface area contributed by atoms with Crippen molar-refractivity contribution in [1.82, 2.24) is 9.80 Å². The summed E-state index contributed by atoms with van der Waals surface area (Å²) < 4.78 is 5.08. The van der Waals surface area contributed by atoms with Gasteiger partial charge in [0.2, 0.25) is 23.6 Å². The van der Waals surface area contributed by atoms with Gasteiger partial charge in [-0.25, -0.2) is 0 Å². The summed E-state index contributed by atoms with van der Waals surface area (Å²) >= 11 is 0. The van der Waals surface area contributed by atoms with Gasteiger partial charge in [0, 0.05) is 38.7 Å². The van der Waals surface area contributed by atoms with Crippen molar-refractivity contribution in [3.63, 3.8) is 0 Å². The predicted molar refractivity (Wildman–Crippen MR) is 136 cm³/mol. The van der Waals surface area contributed by atoms with Gasteiger partial charge < -0.3 is 14.5 Å². The fourth-order valence-corrected chi connectivity index (χ4v) is 5.40. The molecule has 2 fully saturated rings.